The highest BCUT2D eigenvalue weighted by molar-refractivity contribution is 5.47. The molecule has 4 nitrogen and oxygen atoms in total. The largest absolute Gasteiger partial charge is 0.507 e. The average molecular weight is 381 g/mol. The van der Waals surface area contributed by atoms with E-state index in [4.69, 9.17) is 4.74 Å². The fourth-order valence-electron chi connectivity index (χ4n) is 4.76. The van der Waals surface area contributed by atoms with Crippen LogP contribution in [-0.4, -0.2) is 42.8 Å². The lowest BCUT2D eigenvalue weighted by Crippen LogP contribution is -2.42. The third-order valence-corrected chi connectivity index (χ3v) is 6.41. The number of fused-ring (bicyclic) bond motifs is 1. The minimum atomic E-state index is 0.0209. The Kier molecular flexibility index (Phi) is 6.00. The zero-order valence-electron chi connectivity index (χ0n) is 17.0. The quantitative estimate of drug-likeness (QED) is 0.828. The van der Waals surface area contributed by atoms with E-state index in [-0.39, 0.29) is 12.2 Å². The van der Waals surface area contributed by atoms with Crippen LogP contribution >= 0.6 is 0 Å². The molecule has 2 aromatic carbocycles. The SMILES string of the molecule is CNC[C@@H]1O[C@H](C2CCN(Cc3ccccc3)CC2)Cc2c1ccc(C)c2O. The summed E-state index contributed by atoms with van der Waals surface area (Å²) in [7, 11) is 1.96. The Balaban J connectivity index is 1.43. The summed E-state index contributed by atoms with van der Waals surface area (Å²) in [6.45, 7) is 6.02. The summed E-state index contributed by atoms with van der Waals surface area (Å²) in [6.07, 6.45) is 3.36. The summed E-state index contributed by atoms with van der Waals surface area (Å²) in [5.74, 6) is 1.02. The van der Waals surface area contributed by atoms with Crippen LogP contribution in [-0.2, 0) is 17.7 Å². The van der Waals surface area contributed by atoms with Crippen LogP contribution in [0.3, 0.4) is 0 Å². The highest BCUT2D eigenvalue weighted by Gasteiger charge is 2.35. The van der Waals surface area contributed by atoms with E-state index >= 15 is 0 Å². The Morgan fingerprint density at radius 2 is 1.86 bits per heavy atom. The van der Waals surface area contributed by atoms with Crippen molar-refractivity contribution < 1.29 is 9.84 Å². The molecule has 1 saturated heterocycles. The van der Waals surface area contributed by atoms with Gasteiger partial charge in [-0.15, -0.1) is 0 Å². The minimum absolute atomic E-state index is 0.0209. The molecule has 0 bridgehead atoms. The topological polar surface area (TPSA) is 44.7 Å². The second kappa shape index (κ2) is 8.64. The van der Waals surface area contributed by atoms with Crippen molar-refractivity contribution in [1.82, 2.24) is 10.2 Å². The summed E-state index contributed by atoms with van der Waals surface area (Å²) in [6, 6.07) is 14.9. The van der Waals surface area contributed by atoms with Gasteiger partial charge in [0.2, 0.25) is 0 Å². The number of nitrogens with one attached hydrogen (secondary N) is 1. The van der Waals surface area contributed by atoms with Crippen LogP contribution in [0.15, 0.2) is 42.5 Å². The number of benzene rings is 2. The molecular formula is C24H32N2O2. The van der Waals surface area contributed by atoms with E-state index in [0.29, 0.717) is 11.7 Å². The molecule has 2 aliphatic heterocycles. The first-order valence-corrected chi connectivity index (χ1v) is 10.5. The van der Waals surface area contributed by atoms with Gasteiger partial charge in [-0.2, -0.15) is 0 Å². The molecule has 0 saturated carbocycles. The lowest BCUT2D eigenvalue weighted by molar-refractivity contribution is -0.0674. The normalized spacial score (nSPS) is 23.5. The minimum Gasteiger partial charge on any atom is -0.507 e. The number of phenols is 1. The Bertz CT molecular complexity index is 785. The molecule has 0 aromatic heterocycles. The van der Waals surface area contributed by atoms with E-state index in [1.807, 2.05) is 20.0 Å². The van der Waals surface area contributed by atoms with Crippen LogP contribution in [0.1, 0.15) is 41.2 Å². The van der Waals surface area contributed by atoms with Gasteiger partial charge in [0.05, 0.1) is 12.2 Å². The monoisotopic (exact) mass is 380 g/mol. The summed E-state index contributed by atoms with van der Waals surface area (Å²) in [4.78, 5) is 2.55. The standard InChI is InChI=1S/C24H32N2O2/c1-17-8-9-20-21(24(17)27)14-22(28-23(20)15-25-2)19-10-12-26(13-11-19)16-18-6-4-3-5-7-18/h3-9,19,22-23,25,27H,10-16H2,1-2H3/t22-,23-/m0/s1. The van der Waals surface area contributed by atoms with Gasteiger partial charge in [-0.1, -0.05) is 42.5 Å². The zero-order chi connectivity index (χ0) is 19.5. The molecular weight excluding hydrogens is 348 g/mol. The Morgan fingerprint density at radius 3 is 2.57 bits per heavy atom. The van der Waals surface area contributed by atoms with Crippen molar-refractivity contribution >= 4 is 0 Å². The van der Waals surface area contributed by atoms with Gasteiger partial charge in [-0.3, -0.25) is 4.90 Å². The molecule has 4 heteroatoms. The second-order valence-corrected chi connectivity index (χ2v) is 8.32. The van der Waals surface area contributed by atoms with E-state index in [1.54, 1.807) is 0 Å². The van der Waals surface area contributed by atoms with Gasteiger partial charge in [-0.05, 0) is 62.5 Å². The number of piperidine rings is 1. The molecule has 2 heterocycles. The van der Waals surface area contributed by atoms with Gasteiger partial charge in [0.1, 0.15) is 5.75 Å². The zero-order valence-corrected chi connectivity index (χ0v) is 17.0. The first kappa shape index (κ1) is 19.4. The molecule has 28 heavy (non-hydrogen) atoms. The second-order valence-electron chi connectivity index (χ2n) is 8.32. The predicted molar refractivity (Wildman–Crippen MR) is 113 cm³/mol. The summed E-state index contributed by atoms with van der Waals surface area (Å²) >= 11 is 0. The van der Waals surface area contributed by atoms with Gasteiger partial charge in [0.15, 0.2) is 0 Å². The number of likely N-dealkylation sites (N-methyl/N-ethyl adjacent to an activating group) is 1. The van der Waals surface area contributed by atoms with Crippen molar-refractivity contribution in [3.63, 3.8) is 0 Å². The number of phenolic OH excluding ortho intramolecular Hbond substituents is 1. The molecule has 2 aliphatic rings. The van der Waals surface area contributed by atoms with Crippen molar-refractivity contribution in [3.05, 3.63) is 64.7 Å². The number of aryl methyl sites for hydroxylation is 1. The van der Waals surface area contributed by atoms with Gasteiger partial charge in [0, 0.05) is 25.1 Å². The van der Waals surface area contributed by atoms with Crippen LogP contribution in [0.2, 0.25) is 0 Å². The molecule has 1 fully saturated rings. The van der Waals surface area contributed by atoms with Crippen molar-refractivity contribution in [2.75, 3.05) is 26.7 Å². The molecule has 0 radical (unpaired) electrons. The number of likely N-dealkylation sites (tertiary alicyclic amines) is 1. The van der Waals surface area contributed by atoms with Crippen molar-refractivity contribution in [3.8, 4) is 5.75 Å². The number of aromatic hydroxyl groups is 1. The lowest BCUT2D eigenvalue weighted by atomic mass is 9.83. The van der Waals surface area contributed by atoms with E-state index < -0.39 is 0 Å². The van der Waals surface area contributed by atoms with Gasteiger partial charge in [0.25, 0.3) is 0 Å². The predicted octanol–water partition coefficient (Wildman–Crippen LogP) is 3.81. The molecule has 2 atom stereocenters. The molecule has 0 unspecified atom stereocenters. The molecule has 4 rings (SSSR count). The summed E-state index contributed by atoms with van der Waals surface area (Å²) in [5, 5.41) is 13.9. The number of nitrogens with zero attached hydrogens (tertiary/aromatic N) is 1. The Morgan fingerprint density at radius 1 is 1.11 bits per heavy atom. The molecule has 0 amide bonds. The highest BCUT2D eigenvalue weighted by Crippen LogP contribution is 2.40. The third-order valence-electron chi connectivity index (χ3n) is 6.41. The van der Waals surface area contributed by atoms with E-state index in [9.17, 15) is 5.11 Å². The van der Waals surface area contributed by atoms with Crippen LogP contribution in [0.25, 0.3) is 0 Å². The number of hydrogen-bond donors (Lipinski definition) is 2. The van der Waals surface area contributed by atoms with Gasteiger partial charge >= 0.3 is 0 Å². The number of hydrogen-bond acceptors (Lipinski definition) is 4. The first-order chi connectivity index (χ1) is 13.7. The van der Waals surface area contributed by atoms with Crippen LogP contribution in [0.5, 0.6) is 5.75 Å². The van der Waals surface area contributed by atoms with Crippen molar-refractivity contribution in [2.45, 2.75) is 44.9 Å². The van der Waals surface area contributed by atoms with E-state index in [1.165, 1.54) is 5.56 Å². The van der Waals surface area contributed by atoms with E-state index in [0.717, 1.165) is 62.1 Å². The first-order valence-electron chi connectivity index (χ1n) is 10.5. The Hall–Kier alpha value is -1.88. The Labute approximate surface area is 168 Å². The van der Waals surface area contributed by atoms with Crippen LogP contribution in [0.4, 0.5) is 0 Å². The average Bonchev–Trinajstić information content (AvgIpc) is 2.72. The molecule has 0 aliphatic carbocycles. The number of ether oxygens (including phenoxy) is 1. The van der Waals surface area contributed by atoms with Crippen molar-refractivity contribution in [2.24, 2.45) is 5.92 Å². The maximum atomic E-state index is 10.7. The number of rotatable bonds is 5. The molecule has 150 valence electrons. The maximum absolute atomic E-state index is 10.7. The fourth-order valence-corrected chi connectivity index (χ4v) is 4.76. The lowest BCUT2D eigenvalue weighted by Gasteiger charge is -2.40. The van der Waals surface area contributed by atoms with Crippen LogP contribution < -0.4 is 5.32 Å². The van der Waals surface area contributed by atoms with Gasteiger partial charge in [-0.25, -0.2) is 0 Å². The van der Waals surface area contributed by atoms with Crippen LogP contribution in [0, 0.1) is 12.8 Å². The van der Waals surface area contributed by atoms with E-state index in [2.05, 4.69) is 46.6 Å². The summed E-state index contributed by atoms with van der Waals surface area (Å²) in [5.41, 5.74) is 4.59. The van der Waals surface area contributed by atoms with Gasteiger partial charge < -0.3 is 15.2 Å². The molecule has 2 N–H and O–H groups in total. The third kappa shape index (κ3) is 4.09. The smallest absolute Gasteiger partial charge is 0.122 e. The fraction of sp³-hybridized carbons (Fsp3) is 0.500. The van der Waals surface area contributed by atoms with Crippen molar-refractivity contribution in [1.29, 1.82) is 0 Å². The molecule has 2 aromatic rings. The molecule has 0 spiro atoms. The highest BCUT2D eigenvalue weighted by atomic mass is 16.5. The maximum Gasteiger partial charge on any atom is 0.122 e. The summed E-state index contributed by atoms with van der Waals surface area (Å²) < 4.78 is 6.55.